The number of hydrogen-bond acceptors (Lipinski definition) is 9. The zero-order chi connectivity index (χ0) is 20.1. The minimum Gasteiger partial charge on any atom is -0.486 e. The highest BCUT2D eigenvalue weighted by Crippen LogP contribution is 2.31. The average molecular weight is 433 g/mol. The number of benzene rings is 1. The molecule has 0 aliphatic carbocycles. The lowest BCUT2D eigenvalue weighted by molar-refractivity contribution is -0.127. The van der Waals surface area contributed by atoms with Gasteiger partial charge in [-0.05, 0) is 29.8 Å². The van der Waals surface area contributed by atoms with Gasteiger partial charge in [-0.2, -0.15) is 0 Å². The Kier molecular flexibility index (Phi) is 6.20. The third-order valence-electron chi connectivity index (χ3n) is 4.17. The summed E-state index contributed by atoms with van der Waals surface area (Å²) < 4.78 is 17.1. The van der Waals surface area contributed by atoms with Crippen LogP contribution in [0.1, 0.15) is 11.3 Å². The van der Waals surface area contributed by atoms with Gasteiger partial charge in [0, 0.05) is 13.6 Å². The van der Waals surface area contributed by atoms with Crippen LogP contribution in [0, 0.1) is 0 Å². The fraction of sp³-hybridized carbons (Fsp3) is 0.316. The molecule has 0 fully saturated rings. The Morgan fingerprint density at radius 2 is 2.10 bits per heavy atom. The molecule has 0 spiro atoms. The summed E-state index contributed by atoms with van der Waals surface area (Å²) in [5.74, 6) is 2.62. The Hall–Kier alpha value is -2.72. The van der Waals surface area contributed by atoms with Crippen molar-refractivity contribution in [2.45, 2.75) is 17.4 Å². The van der Waals surface area contributed by atoms with Crippen molar-refractivity contribution in [1.29, 1.82) is 0 Å². The number of nitrogens with one attached hydrogen (secondary N) is 1. The van der Waals surface area contributed by atoms with E-state index in [-0.39, 0.29) is 5.91 Å². The van der Waals surface area contributed by atoms with Gasteiger partial charge in [0.1, 0.15) is 19.0 Å². The monoisotopic (exact) mass is 432 g/mol. The number of anilines is 1. The highest BCUT2D eigenvalue weighted by atomic mass is 32.2. The van der Waals surface area contributed by atoms with Gasteiger partial charge in [0.2, 0.25) is 11.0 Å². The van der Waals surface area contributed by atoms with E-state index in [0.717, 1.165) is 27.2 Å². The number of carbonyl (C=O) groups is 1. The molecule has 0 bridgehead atoms. The number of amides is 1. The van der Waals surface area contributed by atoms with Crippen LogP contribution < -0.4 is 14.8 Å². The molecule has 3 aromatic rings. The van der Waals surface area contributed by atoms with Crippen LogP contribution >= 0.6 is 23.1 Å². The third-order valence-corrected chi connectivity index (χ3v) is 6.17. The van der Waals surface area contributed by atoms with Crippen LogP contribution in [0.15, 0.2) is 45.4 Å². The number of thioether (sulfide) groups is 1. The van der Waals surface area contributed by atoms with Crippen molar-refractivity contribution in [2.24, 2.45) is 0 Å². The molecule has 0 saturated carbocycles. The lowest BCUT2D eigenvalue weighted by Crippen LogP contribution is -2.27. The van der Waals surface area contributed by atoms with Gasteiger partial charge >= 0.3 is 0 Å². The molecule has 1 aromatic carbocycles. The highest BCUT2D eigenvalue weighted by molar-refractivity contribution is 8.01. The first-order chi connectivity index (χ1) is 14.2. The maximum absolute atomic E-state index is 12.5. The van der Waals surface area contributed by atoms with E-state index in [9.17, 15) is 4.79 Å². The Balaban J connectivity index is 1.25. The number of rotatable bonds is 8. The standard InChI is InChI=1S/C19H20N4O4S2/c1-23(11-13-4-5-15-16(9-13)27-8-7-26-15)17(24)12-28-19-22-21-18(29-19)20-10-14-3-2-6-25-14/h2-6,9H,7-8,10-12H2,1H3,(H,20,21). The summed E-state index contributed by atoms with van der Waals surface area (Å²) in [5, 5.41) is 12.1. The Labute approximate surface area is 176 Å². The number of carbonyl (C=O) groups excluding carboxylic acids is 1. The SMILES string of the molecule is CN(Cc1ccc2c(c1)OCCO2)C(=O)CSc1nnc(NCc2ccco2)s1. The summed E-state index contributed by atoms with van der Waals surface area (Å²) in [7, 11) is 1.79. The van der Waals surface area contributed by atoms with E-state index in [4.69, 9.17) is 13.9 Å². The first-order valence-electron chi connectivity index (χ1n) is 9.02. The normalized spacial score (nSPS) is 12.6. The molecule has 8 nitrogen and oxygen atoms in total. The van der Waals surface area contributed by atoms with Gasteiger partial charge < -0.3 is 24.1 Å². The van der Waals surface area contributed by atoms with Crippen molar-refractivity contribution < 1.29 is 18.7 Å². The molecule has 1 N–H and O–H groups in total. The van der Waals surface area contributed by atoms with Gasteiger partial charge in [-0.3, -0.25) is 4.79 Å². The van der Waals surface area contributed by atoms with E-state index >= 15 is 0 Å². The van der Waals surface area contributed by atoms with E-state index in [1.54, 1.807) is 18.2 Å². The molecule has 4 rings (SSSR count). The topological polar surface area (TPSA) is 89.7 Å². The van der Waals surface area contributed by atoms with Crippen molar-refractivity contribution in [2.75, 3.05) is 31.3 Å². The molecule has 152 valence electrons. The summed E-state index contributed by atoms with van der Waals surface area (Å²) >= 11 is 2.79. The molecule has 0 atom stereocenters. The van der Waals surface area contributed by atoms with Crippen molar-refractivity contribution >= 4 is 34.1 Å². The second-order valence-electron chi connectivity index (χ2n) is 6.32. The summed E-state index contributed by atoms with van der Waals surface area (Å²) in [4.78, 5) is 14.2. The Morgan fingerprint density at radius 3 is 2.93 bits per heavy atom. The maximum Gasteiger partial charge on any atom is 0.233 e. The van der Waals surface area contributed by atoms with Gasteiger partial charge in [-0.25, -0.2) is 0 Å². The minimum absolute atomic E-state index is 0.0187. The van der Waals surface area contributed by atoms with E-state index < -0.39 is 0 Å². The fourth-order valence-electron chi connectivity index (χ4n) is 2.70. The molecular formula is C19H20N4O4S2. The second kappa shape index (κ2) is 9.19. The molecule has 1 aliphatic rings. The van der Waals surface area contributed by atoms with Gasteiger partial charge in [0.25, 0.3) is 0 Å². The van der Waals surface area contributed by atoms with E-state index in [1.807, 2.05) is 30.3 Å². The van der Waals surface area contributed by atoms with Crippen molar-refractivity contribution in [1.82, 2.24) is 15.1 Å². The van der Waals surface area contributed by atoms with Crippen molar-refractivity contribution in [3.05, 3.63) is 47.9 Å². The molecule has 0 radical (unpaired) electrons. The number of furan rings is 1. The number of aromatic nitrogens is 2. The zero-order valence-electron chi connectivity index (χ0n) is 15.8. The van der Waals surface area contributed by atoms with Crippen LogP contribution in [0.2, 0.25) is 0 Å². The van der Waals surface area contributed by atoms with Gasteiger partial charge in [-0.1, -0.05) is 29.2 Å². The average Bonchev–Trinajstić information content (AvgIpc) is 3.42. The van der Waals surface area contributed by atoms with Gasteiger partial charge in [0.15, 0.2) is 15.8 Å². The lowest BCUT2D eigenvalue weighted by atomic mass is 10.2. The number of nitrogens with zero attached hydrogens (tertiary/aromatic N) is 3. The van der Waals surface area contributed by atoms with E-state index in [2.05, 4.69) is 15.5 Å². The predicted molar refractivity (Wildman–Crippen MR) is 111 cm³/mol. The number of fused-ring (bicyclic) bond motifs is 1. The minimum atomic E-state index is 0.0187. The first-order valence-corrected chi connectivity index (χ1v) is 10.8. The largest absolute Gasteiger partial charge is 0.486 e. The molecule has 1 amide bonds. The maximum atomic E-state index is 12.5. The highest BCUT2D eigenvalue weighted by Gasteiger charge is 2.15. The van der Waals surface area contributed by atoms with Crippen LogP contribution in [-0.4, -0.2) is 47.0 Å². The van der Waals surface area contributed by atoms with Gasteiger partial charge in [0.05, 0.1) is 18.6 Å². The number of hydrogen-bond donors (Lipinski definition) is 1. The van der Waals surface area contributed by atoms with E-state index in [0.29, 0.717) is 37.2 Å². The van der Waals surface area contributed by atoms with Crippen LogP contribution in [0.3, 0.4) is 0 Å². The molecule has 0 unspecified atom stereocenters. The van der Waals surface area contributed by atoms with Gasteiger partial charge in [-0.15, -0.1) is 10.2 Å². The van der Waals surface area contributed by atoms with Crippen molar-refractivity contribution in [3.8, 4) is 11.5 Å². The molecule has 3 heterocycles. The van der Waals surface area contributed by atoms with Crippen LogP contribution in [-0.2, 0) is 17.9 Å². The third kappa shape index (κ3) is 5.21. The molecular weight excluding hydrogens is 412 g/mol. The smallest absolute Gasteiger partial charge is 0.233 e. The summed E-state index contributed by atoms with van der Waals surface area (Å²) in [6, 6.07) is 9.49. The second-order valence-corrected chi connectivity index (χ2v) is 8.52. The Morgan fingerprint density at radius 1 is 1.24 bits per heavy atom. The van der Waals surface area contributed by atoms with Crippen LogP contribution in [0.4, 0.5) is 5.13 Å². The molecule has 1 aliphatic heterocycles. The quantitative estimate of drug-likeness (QED) is 0.543. The zero-order valence-corrected chi connectivity index (χ0v) is 17.4. The molecule has 29 heavy (non-hydrogen) atoms. The Bertz CT molecular complexity index is 961. The number of ether oxygens (including phenoxy) is 2. The summed E-state index contributed by atoms with van der Waals surface area (Å²) in [5.41, 5.74) is 0.996. The summed E-state index contributed by atoms with van der Waals surface area (Å²) in [6.07, 6.45) is 1.63. The van der Waals surface area contributed by atoms with E-state index in [1.165, 1.54) is 23.1 Å². The lowest BCUT2D eigenvalue weighted by Gasteiger charge is -2.21. The molecule has 2 aromatic heterocycles. The first kappa shape index (κ1) is 19.6. The molecule has 0 saturated heterocycles. The van der Waals surface area contributed by atoms with Crippen LogP contribution in [0.5, 0.6) is 11.5 Å². The summed E-state index contributed by atoms with van der Waals surface area (Å²) in [6.45, 7) is 2.15. The predicted octanol–water partition coefficient (Wildman–Crippen LogP) is 3.27. The fourth-order valence-corrected chi connectivity index (χ4v) is 4.39. The molecule has 10 heteroatoms. The van der Waals surface area contributed by atoms with Crippen LogP contribution in [0.25, 0.3) is 0 Å². The van der Waals surface area contributed by atoms with Crippen molar-refractivity contribution in [3.63, 3.8) is 0 Å².